The average molecular weight is 422 g/mol. The number of piperidine rings is 1. The number of sulfonamides is 1. The normalized spacial score (nSPS) is 20.9. The van der Waals surface area contributed by atoms with Crippen LogP contribution in [0.25, 0.3) is 0 Å². The van der Waals surface area contributed by atoms with Gasteiger partial charge < -0.3 is 5.32 Å². The Morgan fingerprint density at radius 3 is 2.54 bits per heavy atom. The van der Waals surface area contributed by atoms with Gasteiger partial charge in [0, 0.05) is 23.5 Å². The number of nitrogens with one attached hydrogen (secondary N) is 1. The highest BCUT2D eigenvalue weighted by atomic mass is 32.2. The van der Waals surface area contributed by atoms with E-state index >= 15 is 0 Å². The lowest BCUT2D eigenvalue weighted by Gasteiger charge is -2.34. The predicted molar refractivity (Wildman–Crippen MR) is 113 cm³/mol. The Hall–Kier alpha value is -1.77. The summed E-state index contributed by atoms with van der Waals surface area (Å²) >= 11 is 1.50. The number of ketones is 1. The van der Waals surface area contributed by atoms with Crippen molar-refractivity contribution < 1.29 is 13.2 Å². The largest absolute Gasteiger partial charge is 0.354 e. The van der Waals surface area contributed by atoms with Crippen LogP contribution in [0, 0.1) is 25.7 Å². The van der Waals surface area contributed by atoms with Crippen molar-refractivity contribution in [1.29, 1.82) is 0 Å². The summed E-state index contributed by atoms with van der Waals surface area (Å²) in [5.41, 5.74) is 1.33. The molecule has 2 heterocycles. The van der Waals surface area contributed by atoms with Crippen LogP contribution in [-0.4, -0.2) is 43.1 Å². The first kappa shape index (κ1) is 21.0. The number of aromatic nitrogens is 1. The quantitative estimate of drug-likeness (QED) is 0.719. The predicted octanol–water partition coefficient (Wildman–Crippen LogP) is 3.72. The molecular formula is C20H27N3O3S2. The van der Waals surface area contributed by atoms with E-state index in [-0.39, 0.29) is 17.2 Å². The van der Waals surface area contributed by atoms with Crippen LogP contribution in [0.3, 0.4) is 0 Å². The maximum atomic E-state index is 13.1. The van der Waals surface area contributed by atoms with Crippen molar-refractivity contribution in [3.63, 3.8) is 0 Å². The van der Waals surface area contributed by atoms with Crippen LogP contribution < -0.4 is 5.32 Å². The van der Waals surface area contributed by atoms with Crippen molar-refractivity contribution in [2.45, 2.75) is 39.0 Å². The Balaban J connectivity index is 1.74. The van der Waals surface area contributed by atoms with E-state index in [9.17, 15) is 13.2 Å². The molecule has 0 bridgehead atoms. The van der Waals surface area contributed by atoms with Gasteiger partial charge in [-0.25, -0.2) is 13.4 Å². The molecule has 3 rings (SSSR count). The summed E-state index contributed by atoms with van der Waals surface area (Å²) in [7, 11) is -3.60. The molecule has 1 aliphatic heterocycles. The van der Waals surface area contributed by atoms with Gasteiger partial charge in [0.1, 0.15) is 0 Å². The molecule has 0 aliphatic carbocycles. The van der Waals surface area contributed by atoms with Crippen LogP contribution in [-0.2, 0) is 10.0 Å². The number of anilines is 1. The summed E-state index contributed by atoms with van der Waals surface area (Å²) in [6.07, 6.45) is 1.03. The minimum atomic E-state index is -3.60. The first-order valence-corrected chi connectivity index (χ1v) is 11.7. The zero-order valence-corrected chi connectivity index (χ0v) is 18.4. The Labute approximate surface area is 171 Å². The maximum absolute atomic E-state index is 13.1. The van der Waals surface area contributed by atoms with Crippen molar-refractivity contribution >= 4 is 32.3 Å². The van der Waals surface area contributed by atoms with Crippen LogP contribution in [0.15, 0.2) is 29.2 Å². The molecule has 1 saturated heterocycles. The first-order chi connectivity index (χ1) is 13.2. The summed E-state index contributed by atoms with van der Waals surface area (Å²) in [5.74, 6) is 0.499. The fourth-order valence-electron chi connectivity index (χ4n) is 3.59. The average Bonchev–Trinajstić information content (AvgIpc) is 2.97. The van der Waals surface area contributed by atoms with Gasteiger partial charge in [-0.15, -0.1) is 11.3 Å². The molecule has 0 amide bonds. The number of carbonyl (C=O) groups is 1. The van der Waals surface area contributed by atoms with Crippen molar-refractivity contribution in [1.82, 2.24) is 9.29 Å². The highest BCUT2D eigenvalue weighted by Crippen LogP contribution is 2.27. The zero-order valence-electron chi connectivity index (χ0n) is 16.7. The second-order valence-corrected chi connectivity index (χ2v) is 10.9. The number of thiazole rings is 1. The molecule has 0 spiro atoms. The summed E-state index contributed by atoms with van der Waals surface area (Å²) in [5, 5.41) is 3.73. The SMILES string of the molecule is Cc1nc(NCC(=O)c2cccc(S(=O)(=O)N3CC(C)CC(C)C3)c2)sc1C. The minimum Gasteiger partial charge on any atom is -0.354 e. The molecule has 2 aromatic rings. The summed E-state index contributed by atoms with van der Waals surface area (Å²) in [6.45, 7) is 9.18. The number of carbonyl (C=O) groups excluding carboxylic acids is 1. The van der Waals surface area contributed by atoms with Crippen molar-refractivity contribution in [2.24, 2.45) is 11.8 Å². The molecule has 1 aromatic carbocycles. The first-order valence-electron chi connectivity index (χ1n) is 9.48. The lowest BCUT2D eigenvalue weighted by Crippen LogP contribution is -2.42. The van der Waals surface area contributed by atoms with Crippen LogP contribution in [0.5, 0.6) is 0 Å². The molecule has 28 heavy (non-hydrogen) atoms. The molecule has 6 nitrogen and oxygen atoms in total. The van der Waals surface area contributed by atoms with Crippen molar-refractivity contribution in [3.05, 3.63) is 40.4 Å². The van der Waals surface area contributed by atoms with Crippen LogP contribution in [0.2, 0.25) is 0 Å². The molecule has 152 valence electrons. The van der Waals surface area contributed by atoms with Crippen LogP contribution >= 0.6 is 11.3 Å². The number of hydrogen-bond acceptors (Lipinski definition) is 6. The Kier molecular flexibility index (Phi) is 6.21. The number of benzene rings is 1. The smallest absolute Gasteiger partial charge is 0.243 e. The van der Waals surface area contributed by atoms with E-state index in [1.165, 1.54) is 17.4 Å². The van der Waals surface area contributed by atoms with Gasteiger partial charge in [-0.1, -0.05) is 26.0 Å². The molecule has 8 heteroatoms. The summed E-state index contributed by atoms with van der Waals surface area (Å²) < 4.78 is 27.7. The van der Waals surface area contributed by atoms with Gasteiger partial charge in [0.15, 0.2) is 10.9 Å². The van der Waals surface area contributed by atoms with Gasteiger partial charge in [0.2, 0.25) is 10.0 Å². The van der Waals surface area contributed by atoms with E-state index < -0.39 is 10.0 Å². The van der Waals surface area contributed by atoms with E-state index in [0.717, 1.165) is 17.0 Å². The van der Waals surface area contributed by atoms with E-state index in [4.69, 9.17) is 0 Å². The topological polar surface area (TPSA) is 79.4 Å². The van der Waals surface area contributed by atoms with E-state index in [1.54, 1.807) is 22.5 Å². The lowest BCUT2D eigenvalue weighted by atomic mass is 9.94. The number of nitrogens with zero attached hydrogens (tertiary/aromatic N) is 2. The highest BCUT2D eigenvalue weighted by Gasteiger charge is 2.31. The standard InChI is InChI=1S/C20H27N3O3S2/c1-13-8-14(2)12-23(11-13)28(25,26)18-7-5-6-17(9-18)19(24)10-21-20-22-15(3)16(4)27-20/h5-7,9,13-14H,8,10-12H2,1-4H3,(H,21,22). The van der Waals surface area contributed by atoms with Crippen molar-refractivity contribution in [2.75, 3.05) is 25.0 Å². The second-order valence-electron chi connectivity index (χ2n) is 7.73. The molecule has 1 aliphatic rings. The fourth-order valence-corrected chi connectivity index (χ4v) is 6.12. The second kappa shape index (κ2) is 8.31. The molecular weight excluding hydrogens is 394 g/mol. The van der Waals surface area contributed by atoms with E-state index in [0.29, 0.717) is 35.6 Å². The molecule has 2 atom stereocenters. The highest BCUT2D eigenvalue weighted by molar-refractivity contribution is 7.89. The number of aryl methyl sites for hydroxylation is 2. The Bertz CT molecular complexity index is 939. The molecule has 0 radical (unpaired) electrons. The zero-order chi connectivity index (χ0) is 20.5. The third kappa shape index (κ3) is 4.61. The molecule has 1 fully saturated rings. The van der Waals surface area contributed by atoms with Gasteiger partial charge in [-0.2, -0.15) is 4.31 Å². The monoisotopic (exact) mass is 421 g/mol. The van der Waals surface area contributed by atoms with E-state index in [2.05, 4.69) is 24.1 Å². The molecule has 1 N–H and O–H groups in total. The number of rotatable bonds is 6. The summed E-state index contributed by atoms with van der Waals surface area (Å²) in [4.78, 5) is 18.2. The van der Waals surface area contributed by atoms with Crippen molar-refractivity contribution in [3.8, 4) is 0 Å². The third-order valence-corrected chi connectivity index (χ3v) is 7.92. The van der Waals surface area contributed by atoms with Gasteiger partial charge in [0.25, 0.3) is 0 Å². The minimum absolute atomic E-state index is 0.0771. The lowest BCUT2D eigenvalue weighted by molar-refractivity contribution is 0.101. The van der Waals surface area contributed by atoms with Gasteiger partial charge in [0.05, 0.1) is 17.1 Å². The fraction of sp³-hybridized carbons (Fsp3) is 0.500. The number of hydrogen-bond donors (Lipinski definition) is 1. The Morgan fingerprint density at radius 2 is 1.93 bits per heavy atom. The maximum Gasteiger partial charge on any atom is 0.243 e. The summed E-state index contributed by atoms with van der Waals surface area (Å²) in [6, 6.07) is 6.34. The molecule has 2 unspecified atom stereocenters. The molecule has 0 saturated carbocycles. The van der Waals surface area contributed by atoms with Gasteiger partial charge in [-0.3, -0.25) is 4.79 Å². The van der Waals surface area contributed by atoms with Crippen LogP contribution in [0.4, 0.5) is 5.13 Å². The van der Waals surface area contributed by atoms with Crippen LogP contribution in [0.1, 0.15) is 41.2 Å². The molecule has 1 aromatic heterocycles. The van der Waals surface area contributed by atoms with Gasteiger partial charge >= 0.3 is 0 Å². The van der Waals surface area contributed by atoms with E-state index in [1.807, 2.05) is 13.8 Å². The van der Waals surface area contributed by atoms with Gasteiger partial charge in [-0.05, 0) is 44.2 Å². The number of Topliss-reactive ketones (excluding diaryl/α,β-unsaturated/α-hetero) is 1. The Morgan fingerprint density at radius 1 is 1.25 bits per heavy atom. The third-order valence-electron chi connectivity index (χ3n) is 5.06.